The summed E-state index contributed by atoms with van der Waals surface area (Å²) in [5, 5.41) is 12.0. The van der Waals surface area contributed by atoms with E-state index in [9.17, 15) is 4.79 Å². The van der Waals surface area contributed by atoms with Gasteiger partial charge in [-0.1, -0.05) is 38.8 Å². The summed E-state index contributed by atoms with van der Waals surface area (Å²) in [6.07, 6.45) is 3.43. The SMILES string of the molecule is C[C@H]1[C@H](C)CCC[C@@H]1NC(=O)COc1ccccc1C#N. The summed E-state index contributed by atoms with van der Waals surface area (Å²) in [6, 6.07) is 9.24. The molecule has 0 aliphatic heterocycles. The van der Waals surface area contributed by atoms with E-state index in [0.717, 1.165) is 12.8 Å². The largest absolute Gasteiger partial charge is 0.482 e. The summed E-state index contributed by atoms with van der Waals surface area (Å²) in [5.74, 6) is 1.48. The van der Waals surface area contributed by atoms with Crippen LogP contribution in [0.25, 0.3) is 0 Å². The van der Waals surface area contributed by atoms with Crippen LogP contribution in [0.3, 0.4) is 0 Å². The zero-order valence-corrected chi connectivity index (χ0v) is 12.6. The van der Waals surface area contributed by atoms with Gasteiger partial charge in [0.1, 0.15) is 11.8 Å². The van der Waals surface area contributed by atoms with E-state index >= 15 is 0 Å². The molecule has 1 saturated carbocycles. The highest BCUT2D eigenvalue weighted by atomic mass is 16.5. The van der Waals surface area contributed by atoms with Gasteiger partial charge < -0.3 is 10.1 Å². The number of nitrogens with one attached hydrogen (secondary N) is 1. The first-order chi connectivity index (χ1) is 10.1. The fourth-order valence-corrected chi connectivity index (χ4v) is 2.86. The van der Waals surface area contributed by atoms with Crippen LogP contribution in [-0.4, -0.2) is 18.6 Å². The third-order valence-electron chi connectivity index (χ3n) is 4.42. The number of para-hydroxylation sites is 1. The lowest BCUT2D eigenvalue weighted by Gasteiger charge is -2.34. The smallest absolute Gasteiger partial charge is 0.258 e. The molecule has 1 aliphatic carbocycles. The molecule has 4 heteroatoms. The summed E-state index contributed by atoms with van der Waals surface area (Å²) in [5.41, 5.74) is 0.449. The van der Waals surface area contributed by atoms with E-state index in [-0.39, 0.29) is 18.6 Å². The molecular formula is C17H22N2O2. The van der Waals surface area contributed by atoms with Crippen molar-refractivity contribution < 1.29 is 9.53 Å². The van der Waals surface area contributed by atoms with Gasteiger partial charge in [-0.3, -0.25) is 4.79 Å². The number of hydrogen-bond donors (Lipinski definition) is 1. The standard InChI is InChI=1S/C17H22N2O2/c1-12-6-5-8-15(13(12)2)19-17(20)11-21-16-9-4-3-7-14(16)10-18/h3-4,7,9,12-13,15H,5-6,8,11H2,1-2H3,(H,19,20)/t12-,13+,15+/m1/s1. The number of ether oxygens (including phenoxy) is 1. The molecule has 2 rings (SSSR count). The topological polar surface area (TPSA) is 62.1 Å². The molecule has 0 saturated heterocycles. The Morgan fingerprint density at radius 3 is 2.90 bits per heavy atom. The summed E-state index contributed by atoms with van der Waals surface area (Å²) in [7, 11) is 0. The van der Waals surface area contributed by atoms with Crippen molar-refractivity contribution in [3.63, 3.8) is 0 Å². The van der Waals surface area contributed by atoms with Gasteiger partial charge in [0.15, 0.2) is 6.61 Å². The third kappa shape index (κ3) is 3.98. The van der Waals surface area contributed by atoms with Crippen molar-refractivity contribution in [2.75, 3.05) is 6.61 Å². The monoisotopic (exact) mass is 286 g/mol. The fourth-order valence-electron chi connectivity index (χ4n) is 2.86. The van der Waals surface area contributed by atoms with Crippen molar-refractivity contribution in [3.8, 4) is 11.8 Å². The maximum Gasteiger partial charge on any atom is 0.258 e. The molecule has 112 valence electrons. The molecule has 0 aromatic heterocycles. The fraction of sp³-hybridized carbons (Fsp3) is 0.529. The van der Waals surface area contributed by atoms with Crippen LogP contribution in [0.4, 0.5) is 0 Å². The molecule has 0 spiro atoms. The molecule has 1 fully saturated rings. The molecule has 0 unspecified atom stereocenters. The molecule has 1 N–H and O–H groups in total. The number of hydrogen-bond acceptors (Lipinski definition) is 3. The predicted octanol–water partition coefficient (Wildman–Crippen LogP) is 2.88. The van der Waals surface area contributed by atoms with Gasteiger partial charge in [0.05, 0.1) is 5.56 Å². The number of rotatable bonds is 4. The maximum absolute atomic E-state index is 12.0. The van der Waals surface area contributed by atoms with Crippen LogP contribution in [0.15, 0.2) is 24.3 Å². The van der Waals surface area contributed by atoms with Gasteiger partial charge in [-0.15, -0.1) is 0 Å². The number of carbonyl (C=O) groups excluding carboxylic acids is 1. The van der Waals surface area contributed by atoms with Gasteiger partial charge >= 0.3 is 0 Å². The average Bonchev–Trinajstić information content (AvgIpc) is 2.50. The summed E-state index contributed by atoms with van der Waals surface area (Å²) >= 11 is 0. The molecule has 21 heavy (non-hydrogen) atoms. The first-order valence-corrected chi connectivity index (χ1v) is 7.53. The van der Waals surface area contributed by atoms with E-state index < -0.39 is 0 Å². The maximum atomic E-state index is 12.0. The minimum absolute atomic E-state index is 0.0453. The third-order valence-corrected chi connectivity index (χ3v) is 4.42. The van der Waals surface area contributed by atoms with Crippen molar-refractivity contribution in [3.05, 3.63) is 29.8 Å². The van der Waals surface area contributed by atoms with Gasteiger partial charge in [-0.2, -0.15) is 5.26 Å². The Labute approximate surface area is 126 Å². The zero-order chi connectivity index (χ0) is 15.2. The lowest BCUT2D eigenvalue weighted by molar-refractivity contribution is -0.124. The van der Waals surface area contributed by atoms with E-state index in [1.165, 1.54) is 6.42 Å². The highest BCUT2D eigenvalue weighted by Gasteiger charge is 2.28. The summed E-state index contributed by atoms with van der Waals surface area (Å²) < 4.78 is 5.46. The Morgan fingerprint density at radius 1 is 1.38 bits per heavy atom. The van der Waals surface area contributed by atoms with Gasteiger partial charge in [-0.25, -0.2) is 0 Å². The molecule has 0 heterocycles. The number of carbonyl (C=O) groups is 1. The van der Waals surface area contributed by atoms with E-state index in [1.807, 2.05) is 0 Å². The molecule has 1 aromatic carbocycles. The highest BCUT2D eigenvalue weighted by Crippen LogP contribution is 2.29. The van der Waals surface area contributed by atoms with Gasteiger partial charge in [0.2, 0.25) is 0 Å². The normalized spacial score (nSPS) is 24.9. The Kier molecular flexibility index (Phi) is 5.21. The quantitative estimate of drug-likeness (QED) is 0.925. The first-order valence-electron chi connectivity index (χ1n) is 7.53. The van der Waals surface area contributed by atoms with Crippen LogP contribution in [0.1, 0.15) is 38.7 Å². The Hall–Kier alpha value is -2.02. The Balaban J connectivity index is 1.86. The number of benzene rings is 1. The van der Waals surface area contributed by atoms with Crippen LogP contribution in [-0.2, 0) is 4.79 Å². The van der Waals surface area contributed by atoms with E-state index in [2.05, 4.69) is 25.2 Å². The van der Waals surface area contributed by atoms with Gasteiger partial charge in [0, 0.05) is 6.04 Å². The minimum Gasteiger partial charge on any atom is -0.482 e. The van der Waals surface area contributed by atoms with Crippen LogP contribution >= 0.6 is 0 Å². The Morgan fingerprint density at radius 2 is 2.14 bits per heavy atom. The summed E-state index contributed by atoms with van der Waals surface area (Å²) in [6.45, 7) is 4.39. The Bertz CT molecular complexity index is 536. The van der Waals surface area contributed by atoms with E-state index in [0.29, 0.717) is 23.1 Å². The number of nitriles is 1. The van der Waals surface area contributed by atoms with E-state index in [4.69, 9.17) is 10.00 Å². The molecule has 3 atom stereocenters. The molecular weight excluding hydrogens is 264 g/mol. The lowest BCUT2D eigenvalue weighted by atomic mass is 9.78. The van der Waals surface area contributed by atoms with Crippen LogP contribution in [0.2, 0.25) is 0 Å². The molecule has 1 aliphatic rings. The van der Waals surface area contributed by atoms with Crippen LogP contribution in [0, 0.1) is 23.2 Å². The van der Waals surface area contributed by atoms with Crippen molar-refractivity contribution in [2.24, 2.45) is 11.8 Å². The molecule has 0 bridgehead atoms. The summed E-state index contributed by atoms with van der Waals surface area (Å²) in [4.78, 5) is 12.0. The van der Waals surface area contributed by atoms with Gasteiger partial charge in [-0.05, 0) is 30.4 Å². The van der Waals surface area contributed by atoms with Crippen molar-refractivity contribution in [2.45, 2.75) is 39.2 Å². The minimum atomic E-state index is -0.117. The second-order valence-corrected chi connectivity index (χ2v) is 5.84. The van der Waals surface area contributed by atoms with Crippen LogP contribution < -0.4 is 10.1 Å². The molecule has 4 nitrogen and oxygen atoms in total. The highest BCUT2D eigenvalue weighted by molar-refractivity contribution is 5.78. The number of amides is 1. The van der Waals surface area contributed by atoms with E-state index in [1.54, 1.807) is 24.3 Å². The molecule has 1 aromatic rings. The van der Waals surface area contributed by atoms with Crippen molar-refractivity contribution in [1.29, 1.82) is 5.26 Å². The number of nitrogens with zero attached hydrogens (tertiary/aromatic N) is 1. The average molecular weight is 286 g/mol. The second kappa shape index (κ2) is 7.12. The lowest BCUT2D eigenvalue weighted by Crippen LogP contribution is -2.45. The second-order valence-electron chi connectivity index (χ2n) is 5.84. The predicted molar refractivity (Wildman–Crippen MR) is 80.8 cm³/mol. The first kappa shape index (κ1) is 15.4. The van der Waals surface area contributed by atoms with Crippen molar-refractivity contribution >= 4 is 5.91 Å². The van der Waals surface area contributed by atoms with Crippen molar-refractivity contribution in [1.82, 2.24) is 5.32 Å². The molecule has 1 amide bonds. The van der Waals surface area contributed by atoms with Crippen LogP contribution in [0.5, 0.6) is 5.75 Å². The van der Waals surface area contributed by atoms with Gasteiger partial charge in [0.25, 0.3) is 5.91 Å². The molecule has 0 radical (unpaired) electrons. The zero-order valence-electron chi connectivity index (χ0n) is 12.6.